The van der Waals surface area contributed by atoms with Gasteiger partial charge in [0.15, 0.2) is 10.3 Å². The monoisotopic (exact) mass is 1210 g/mol. The van der Waals surface area contributed by atoms with E-state index in [0.717, 1.165) is 72.4 Å². The summed E-state index contributed by atoms with van der Waals surface area (Å²) in [6, 6.07) is 17.7. The number of thiazole rings is 2. The van der Waals surface area contributed by atoms with Crippen molar-refractivity contribution in [2.24, 2.45) is 0 Å². The number of carbonyl (C=O) groups is 2. The first-order valence-corrected chi connectivity index (χ1v) is 27.5. The van der Waals surface area contributed by atoms with Gasteiger partial charge in [-0.05, 0) is 98.5 Å². The number of nitrogens with one attached hydrogen (secondary N) is 1. The zero-order valence-electron chi connectivity index (χ0n) is 43.8. The number of nitrogens with zero attached hydrogens (tertiary/aromatic N) is 9. The molecular weight excluding hydrogens is 1160 g/mol. The standard InChI is InChI=1S/C27H25F6N5O2S.C15H15F3N2O3.C12H12F3N3S/c28-26(29,30)18-2-4-23-22(13-18)35-25(41-23)38-11-9-37(10-12-38)24(39)16-40-20-5-7-36(8-6-20)19-3-1-17(15-34)21(14-19)27(31,32)33;16-15(17,18)13-7-11(2-1-10(13)8-19)20-5-3-12(4-6-20)23-9-14(21)22;13-12(14,15)8-1-2-10-9(7-8)17-11(19-10)18-5-3-16-4-6-18/h1-4,13-14,20H,5-12,16H2;1-2,7,12H,3-6,9H2,(H,21,22);1-2,7,16H,3-6H2. The Labute approximate surface area is 474 Å². The van der Waals surface area contributed by atoms with Gasteiger partial charge >= 0.3 is 30.7 Å². The molecule has 6 heterocycles. The van der Waals surface area contributed by atoms with Crippen LogP contribution in [0.15, 0.2) is 72.8 Å². The average Bonchev–Trinajstić information content (AvgIpc) is 4.19. The highest BCUT2D eigenvalue weighted by molar-refractivity contribution is 7.22. The van der Waals surface area contributed by atoms with Gasteiger partial charge in [-0.25, -0.2) is 14.8 Å². The highest BCUT2D eigenvalue weighted by Crippen LogP contribution is 2.39. The smallest absolute Gasteiger partial charge is 0.417 e. The second kappa shape index (κ2) is 26.2. The van der Waals surface area contributed by atoms with Crippen molar-refractivity contribution in [2.75, 3.05) is 111 Å². The lowest BCUT2D eigenvalue weighted by Gasteiger charge is -2.36. The molecule has 0 bridgehead atoms. The molecule has 0 aliphatic carbocycles. The third-order valence-corrected chi connectivity index (χ3v) is 16.2. The number of piperazine rings is 2. The summed E-state index contributed by atoms with van der Waals surface area (Å²) in [5.41, 5.74) is -2.61. The molecule has 0 radical (unpaired) electrons. The van der Waals surface area contributed by atoms with E-state index in [1.165, 1.54) is 59.1 Å². The zero-order valence-corrected chi connectivity index (χ0v) is 45.4. The van der Waals surface area contributed by atoms with Gasteiger partial charge in [-0.1, -0.05) is 22.7 Å². The molecule has 444 valence electrons. The Bertz CT molecular complexity index is 3310. The first-order valence-electron chi connectivity index (χ1n) is 25.9. The van der Waals surface area contributed by atoms with Gasteiger partial charge in [-0.2, -0.15) is 63.2 Å². The third-order valence-electron chi connectivity index (χ3n) is 14.1. The van der Waals surface area contributed by atoms with Crippen LogP contribution in [-0.2, 0) is 43.8 Å². The van der Waals surface area contributed by atoms with E-state index in [2.05, 4.69) is 20.2 Å². The van der Waals surface area contributed by atoms with E-state index in [1.54, 1.807) is 21.9 Å². The van der Waals surface area contributed by atoms with Gasteiger partial charge in [0, 0.05) is 89.9 Å². The second-order valence-corrected chi connectivity index (χ2v) is 21.5. The van der Waals surface area contributed by atoms with E-state index in [-0.39, 0.29) is 36.8 Å². The Morgan fingerprint density at radius 2 is 0.952 bits per heavy atom. The molecule has 1 amide bonds. The molecule has 2 aromatic heterocycles. The van der Waals surface area contributed by atoms with E-state index in [4.69, 9.17) is 25.1 Å². The first-order chi connectivity index (χ1) is 39.3. The summed E-state index contributed by atoms with van der Waals surface area (Å²) >= 11 is 2.75. The molecule has 0 spiro atoms. The predicted octanol–water partition coefficient (Wildman–Crippen LogP) is 10.9. The fraction of sp³-hybridized carbons (Fsp3) is 0.444. The number of halogens is 12. The summed E-state index contributed by atoms with van der Waals surface area (Å²) in [6.07, 6.45) is -16.2. The average molecular weight is 1210 g/mol. The molecule has 0 atom stereocenters. The molecule has 4 fully saturated rings. The molecule has 2 N–H and O–H groups in total. The number of fused-ring (bicyclic) bond motifs is 2. The van der Waals surface area contributed by atoms with Gasteiger partial charge in [-0.3, -0.25) is 4.79 Å². The van der Waals surface area contributed by atoms with Gasteiger partial charge in [0.2, 0.25) is 5.91 Å². The number of amides is 1. The van der Waals surface area contributed by atoms with Crippen LogP contribution in [0.25, 0.3) is 20.4 Å². The van der Waals surface area contributed by atoms with Gasteiger partial charge < -0.3 is 44.4 Å². The lowest BCUT2D eigenvalue weighted by molar-refractivity contribution is -0.145. The first kappa shape index (κ1) is 61.9. The highest BCUT2D eigenvalue weighted by Gasteiger charge is 2.37. The van der Waals surface area contributed by atoms with E-state index >= 15 is 0 Å². The summed E-state index contributed by atoms with van der Waals surface area (Å²) in [5, 5.41) is 31.0. The number of piperidine rings is 2. The van der Waals surface area contributed by atoms with Crippen molar-refractivity contribution < 1.29 is 76.9 Å². The van der Waals surface area contributed by atoms with Crippen molar-refractivity contribution in [3.8, 4) is 12.1 Å². The summed E-state index contributed by atoms with van der Waals surface area (Å²) in [5.74, 6) is -1.22. The number of carbonyl (C=O) groups excluding carboxylic acids is 1. The summed E-state index contributed by atoms with van der Waals surface area (Å²) in [7, 11) is 0. The maximum atomic E-state index is 13.3. The van der Waals surface area contributed by atoms with Gasteiger partial charge in [0.25, 0.3) is 0 Å². The molecule has 10 rings (SSSR count). The van der Waals surface area contributed by atoms with Gasteiger partial charge in [0.1, 0.15) is 13.2 Å². The number of hydrogen-bond donors (Lipinski definition) is 2. The Morgan fingerprint density at radius 1 is 0.542 bits per heavy atom. The minimum absolute atomic E-state index is 0.110. The van der Waals surface area contributed by atoms with E-state index in [9.17, 15) is 62.3 Å². The van der Waals surface area contributed by atoms with Crippen molar-refractivity contribution in [3.05, 3.63) is 106 Å². The number of aliphatic carboxylic acids is 1. The minimum atomic E-state index is -4.62. The van der Waals surface area contributed by atoms with E-state index in [1.807, 2.05) is 9.80 Å². The molecule has 83 heavy (non-hydrogen) atoms. The molecule has 0 saturated carbocycles. The molecule has 4 aliphatic heterocycles. The third kappa shape index (κ3) is 16.1. The minimum Gasteiger partial charge on any atom is -0.480 e. The van der Waals surface area contributed by atoms with E-state index in [0.29, 0.717) is 105 Å². The van der Waals surface area contributed by atoms with Crippen molar-refractivity contribution in [3.63, 3.8) is 0 Å². The second-order valence-electron chi connectivity index (χ2n) is 19.5. The lowest BCUT2D eigenvalue weighted by Crippen LogP contribution is -2.50. The lowest BCUT2D eigenvalue weighted by atomic mass is 10.0. The van der Waals surface area contributed by atoms with Crippen LogP contribution in [0.3, 0.4) is 0 Å². The molecule has 4 saturated heterocycles. The predicted molar refractivity (Wildman–Crippen MR) is 285 cm³/mol. The normalized spacial score (nSPS) is 16.9. The van der Waals surface area contributed by atoms with Crippen LogP contribution in [0, 0.1) is 22.7 Å². The number of alkyl halides is 12. The van der Waals surface area contributed by atoms with Crippen LogP contribution < -0.4 is 24.9 Å². The fourth-order valence-electron chi connectivity index (χ4n) is 9.61. The Morgan fingerprint density at radius 3 is 1.34 bits per heavy atom. The number of ether oxygens (including phenoxy) is 2. The maximum absolute atomic E-state index is 13.3. The van der Waals surface area contributed by atoms with Crippen LogP contribution in [0.1, 0.15) is 59.1 Å². The summed E-state index contributed by atoms with van der Waals surface area (Å²) in [6.45, 7) is 6.60. The highest BCUT2D eigenvalue weighted by atomic mass is 32.1. The molecule has 0 unspecified atom stereocenters. The number of carboxylic acid groups (broad SMARTS) is 1. The summed E-state index contributed by atoms with van der Waals surface area (Å²) in [4.78, 5) is 41.2. The summed E-state index contributed by atoms with van der Waals surface area (Å²) < 4.78 is 168. The Balaban J connectivity index is 0.000000180. The van der Waals surface area contributed by atoms with Crippen molar-refractivity contribution >= 4 is 76.6 Å². The quantitative estimate of drug-likeness (QED) is 0.124. The number of aromatic nitrogens is 2. The Hall–Kier alpha value is -7.18. The van der Waals surface area contributed by atoms with Crippen LogP contribution in [0.5, 0.6) is 0 Å². The molecule has 4 aliphatic rings. The number of rotatable bonds is 10. The van der Waals surface area contributed by atoms with Crippen LogP contribution in [0.2, 0.25) is 0 Å². The molecule has 29 heteroatoms. The number of anilines is 4. The van der Waals surface area contributed by atoms with Crippen LogP contribution in [-0.4, -0.2) is 136 Å². The Kier molecular flexibility index (Phi) is 19.5. The maximum Gasteiger partial charge on any atom is 0.417 e. The van der Waals surface area contributed by atoms with Crippen LogP contribution in [0.4, 0.5) is 74.3 Å². The molecule has 15 nitrogen and oxygen atoms in total. The van der Waals surface area contributed by atoms with Gasteiger partial charge in [0.05, 0.1) is 78.2 Å². The number of benzene rings is 4. The SMILES string of the molecule is FC(F)(F)c1ccc2sc(N3CCNCC3)nc2c1.N#Cc1ccc(N2CCC(OCC(=O)N3CCN(c4nc5cc(C(F)(F)F)ccc5s4)CC3)CC2)cc1C(F)(F)F.N#Cc1ccc(N2CCC(OCC(=O)O)CC2)cc1C(F)(F)F. The number of carboxylic acids is 1. The van der Waals surface area contributed by atoms with Crippen LogP contribution >= 0.6 is 22.7 Å². The number of nitriles is 2. The van der Waals surface area contributed by atoms with Gasteiger partial charge in [-0.15, -0.1) is 0 Å². The number of hydrogen-bond acceptors (Lipinski definition) is 15. The fourth-order valence-corrected chi connectivity index (χ4v) is 11.6. The zero-order chi connectivity index (χ0) is 59.9. The molecule has 4 aromatic carbocycles. The van der Waals surface area contributed by atoms with Crippen molar-refractivity contribution in [1.29, 1.82) is 10.5 Å². The van der Waals surface area contributed by atoms with E-state index < -0.39 is 64.1 Å². The topological polar surface area (TPSA) is 174 Å². The molecular formula is C54H52F12N10O5S2. The van der Waals surface area contributed by atoms with Crippen molar-refractivity contribution in [1.82, 2.24) is 20.2 Å². The largest absolute Gasteiger partial charge is 0.480 e. The van der Waals surface area contributed by atoms with Crippen molar-refractivity contribution in [2.45, 2.75) is 62.6 Å². The molecule has 6 aromatic rings.